The molecule has 1 amide bonds. The van der Waals surface area contributed by atoms with Crippen LogP contribution in [-0.2, 0) is 11.3 Å². The fourth-order valence-electron chi connectivity index (χ4n) is 2.01. The van der Waals surface area contributed by atoms with Gasteiger partial charge in [0, 0.05) is 31.5 Å². The molecule has 0 aliphatic heterocycles. The summed E-state index contributed by atoms with van der Waals surface area (Å²) in [6, 6.07) is 5.17. The third-order valence-corrected chi connectivity index (χ3v) is 3.34. The largest absolute Gasteiger partial charge is 0.497 e. The summed E-state index contributed by atoms with van der Waals surface area (Å²) in [4.78, 5) is 23.3. The highest BCUT2D eigenvalue weighted by Crippen LogP contribution is 2.19. The topological polar surface area (TPSA) is 73.5 Å². The van der Waals surface area contributed by atoms with Gasteiger partial charge in [0.2, 0.25) is 5.91 Å². The Kier molecular flexibility index (Phi) is 5.27. The van der Waals surface area contributed by atoms with Gasteiger partial charge in [-0.1, -0.05) is 0 Å². The summed E-state index contributed by atoms with van der Waals surface area (Å²) in [6.07, 6.45) is 1.03. The summed E-state index contributed by atoms with van der Waals surface area (Å²) in [5, 5.41) is 2.75. The molecule has 0 atom stereocenters. The van der Waals surface area contributed by atoms with E-state index in [0.29, 0.717) is 48.7 Å². The Morgan fingerprint density at radius 3 is 3.00 bits per heavy atom. The molecular formula is C14H17ClN2O4. The van der Waals surface area contributed by atoms with Crippen molar-refractivity contribution in [1.29, 1.82) is 0 Å². The maximum absolute atomic E-state index is 11.8. The van der Waals surface area contributed by atoms with Crippen molar-refractivity contribution < 1.29 is 13.9 Å². The lowest BCUT2D eigenvalue weighted by Crippen LogP contribution is -2.29. The number of aromatic nitrogens is 1. The van der Waals surface area contributed by atoms with Gasteiger partial charge in [0.15, 0.2) is 5.58 Å². The van der Waals surface area contributed by atoms with E-state index in [4.69, 9.17) is 20.8 Å². The van der Waals surface area contributed by atoms with Crippen LogP contribution in [-0.4, -0.2) is 30.0 Å². The van der Waals surface area contributed by atoms with Crippen LogP contribution in [0.5, 0.6) is 5.75 Å². The molecule has 0 aliphatic carbocycles. The number of oxazole rings is 1. The molecule has 1 N–H and O–H groups in total. The molecule has 0 unspecified atom stereocenters. The van der Waals surface area contributed by atoms with Crippen LogP contribution >= 0.6 is 11.6 Å². The monoisotopic (exact) mass is 312 g/mol. The van der Waals surface area contributed by atoms with Crippen LogP contribution in [0, 0.1) is 0 Å². The Balaban J connectivity index is 2.03. The second kappa shape index (κ2) is 7.17. The third-order valence-electron chi connectivity index (χ3n) is 3.07. The van der Waals surface area contributed by atoms with Gasteiger partial charge in [-0.2, -0.15) is 0 Å². The van der Waals surface area contributed by atoms with E-state index in [1.807, 2.05) is 0 Å². The predicted octanol–water partition coefficient (Wildman–Crippen LogP) is 1.74. The van der Waals surface area contributed by atoms with Crippen LogP contribution in [0.15, 0.2) is 27.4 Å². The highest BCUT2D eigenvalue weighted by Gasteiger charge is 2.10. The second-order valence-electron chi connectivity index (χ2n) is 4.50. The quantitative estimate of drug-likeness (QED) is 0.790. The minimum absolute atomic E-state index is 0.0711. The van der Waals surface area contributed by atoms with Crippen LogP contribution in [0.25, 0.3) is 11.1 Å². The molecule has 0 fully saturated rings. The van der Waals surface area contributed by atoms with E-state index < -0.39 is 5.76 Å². The van der Waals surface area contributed by atoms with Crippen molar-refractivity contribution in [2.24, 2.45) is 0 Å². The van der Waals surface area contributed by atoms with E-state index in [-0.39, 0.29) is 5.91 Å². The molecule has 0 bridgehead atoms. The highest BCUT2D eigenvalue weighted by atomic mass is 35.5. The number of rotatable bonds is 7. The van der Waals surface area contributed by atoms with Crippen molar-refractivity contribution >= 4 is 28.6 Å². The summed E-state index contributed by atoms with van der Waals surface area (Å²) >= 11 is 5.52. The number of fused-ring (bicyclic) bond motifs is 1. The van der Waals surface area contributed by atoms with Gasteiger partial charge in [0.25, 0.3) is 0 Å². The zero-order valence-corrected chi connectivity index (χ0v) is 12.5. The van der Waals surface area contributed by atoms with Crippen molar-refractivity contribution in [2.75, 3.05) is 19.5 Å². The molecule has 0 saturated carbocycles. The number of ether oxygens (including phenoxy) is 1. The molecule has 0 saturated heterocycles. The van der Waals surface area contributed by atoms with Gasteiger partial charge in [-0.05, 0) is 18.6 Å². The number of hydrogen-bond acceptors (Lipinski definition) is 4. The predicted molar refractivity (Wildman–Crippen MR) is 80.0 cm³/mol. The molecule has 1 heterocycles. The molecular weight excluding hydrogens is 296 g/mol. The van der Waals surface area contributed by atoms with E-state index in [1.54, 1.807) is 25.3 Å². The lowest BCUT2D eigenvalue weighted by atomic mass is 10.3. The first-order valence-electron chi connectivity index (χ1n) is 6.65. The van der Waals surface area contributed by atoms with E-state index in [2.05, 4.69) is 5.32 Å². The summed E-state index contributed by atoms with van der Waals surface area (Å²) < 4.78 is 11.7. The standard InChI is InChI=1S/C14H17ClN2O4/c1-20-10-4-5-11-12(9-10)21-14(19)17(11)8-7-16-13(18)3-2-6-15/h4-5,9H,2-3,6-8H2,1H3,(H,16,18). The summed E-state index contributed by atoms with van der Waals surface area (Å²) in [7, 11) is 1.55. The Labute approximate surface area is 126 Å². The summed E-state index contributed by atoms with van der Waals surface area (Å²) in [5.41, 5.74) is 1.14. The Morgan fingerprint density at radius 1 is 1.48 bits per heavy atom. The lowest BCUT2D eigenvalue weighted by molar-refractivity contribution is -0.121. The van der Waals surface area contributed by atoms with Gasteiger partial charge in [0.1, 0.15) is 5.75 Å². The van der Waals surface area contributed by atoms with E-state index in [1.165, 1.54) is 4.57 Å². The average Bonchev–Trinajstić information content (AvgIpc) is 2.80. The number of alkyl halides is 1. The summed E-state index contributed by atoms with van der Waals surface area (Å²) in [6.45, 7) is 0.715. The van der Waals surface area contributed by atoms with Gasteiger partial charge in [0.05, 0.1) is 12.6 Å². The fraction of sp³-hybridized carbons (Fsp3) is 0.429. The first kappa shape index (κ1) is 15.4. The normalized spacial score (nSPS) is 10.8. The number of methoxy groups -OCH3 is 1. The molecule has 2 aromatic rings. The SMILES string of the molecule is COc1ccc2c(c1)oc(=O)n2CCNC(=O)CCCCl. The van der Waals surface area contributed by atoms with Crippen molar-refractivity contribution in [2.45, 2.75) is 19.4 Å². The van der Waals surface area contributed by atoms with Gasteiger partial charge < -0.3 is 14.5 Å². The molecule has 21 heavy (non-hydrogen) atoms. The minimum atomic E-state index is -0.451. The Morgan fingerprint density at radius 2 is 2.29 bits per heavy atom. The van der Waals surface area contributed by atoms with Gasteiger partial charge >= 0.3 is 5.76 Å². The first-order chi connectivity index (χ1) is 10.2. The number of halogens is 1. The van der Waals surface area contributed by atoms with E-state index >= 15 is 0 Å². The van der Waals surface area contributed by atoms with Gasteiger partial charge in [-0.15, -0.1) is 11.6 Å². The van der Waals surface area contributed by atoms with E-state index in [0.717, 1.165) is 0 Å². The highest BCUT2D eigenvalue weighted by molar-refractivity contribution is 6.17. The first-order valence-corrected chi connectivity index (χ1v) is 7.19. The zero-order valence-electron chi connectivity index (χ0n) is 11.7. The summed E-state index contributed by atoms with van der Waals surface area (Å²) in [5.74, 6) is 0.561. The Bertz CT molecular complexity index is 677. The number of carbonyl (C=O) groups excluding carboxylic acids is 1. The van der Waals surface area contributed by atoms with Crippen molar-refractivity contribution in [3.05, 3.63) is 28.7 Å². The molecule has 114 valence electrons. The number of carbonyl (C=O) groups is 1. The Hall–Kier alpha value is -1.95. The van der Waals surface area contributed by atoms with Gasteiger partial charge in [-0.25, -0.2) is 4.79 Å². The molecule has 6 nitrogen and oxygen atoms in total. The second-order valence-corrected chi connectivity index (χ2v) is 4.87. The number of nitrogens with one attached hydrogen (secondary N) is 1. The molecule has 1 aromatic carbocycles. The molecule has 0 radical (unpaired) electrons. The molecule has 0 spiro atoms. The number of hydrogen-bond donors (Lipinski definition) is 1. The number of nitrogens with zero attached hydrogens (tertiary/aromatic N) is 1. The maximum Gasteiger partial charge on any atom is 0.420 e. The van der Waals surface area contributed by atoms with Crippen LogP contribution in [0.3, 0.4) is 0 Å². The average molecular weight is 313 g/mol. The van der Waals surface area contributed by atoms with E-state index in [9.17, 15) is 9.59 Å². The van der Waals surface area contributed by atoms with Crippen molar-refractivity contribution in [3.63, 3.8) is 0 Å². The third kappa shape index (κ3) is 3.78. The lowest BCUT2D eigenvalue weighted by Gasteiger charge is -2.05. The number of benzene rings is 1. The van der Waals surface area contributed by atoms with Crippen LogP contribution in [0.1, 0.15) is 12.8 Å². The van der Waals surface area contributed by atoms with Gasteiger partial charge in [-0.3, -0.25) is 9.36 Å². The van der Waals surface area contributed by atoms with Crippen LogP contribution in [0.4, 0.5) is 0 Å². The maximum atomic E-state index is 11.8. The van der Waals surface area contributed by atoms with Crippen LogP contribution < -0.4 is 15.8 Å². The fourth-order valence-corrected chi connectivity index (χ4v) is 2.14. The minimum Gasteiger partial charge on any atom is -0.497 e. The smallest absolute Gasteiger partial charge is 0.420 e. The zero-order chi connectivity index (χ0) is 15.2. The molecule has 7 heteroatoms. The van der Waals surface area contributed by atoms with Crippen LogP contribution in [0.2, 0.25) is 0 Å². The van der Waals surface area contributed by atoms with Crippen molar-refractivity contribution in [3.8, 4) is 5.75 Å². The molecule has 0 aliphatic rings. The molecule has 2 rings (SSSR count). The van der Waals surface area contributed by atoms with Crippen molar-refractivity contribution in [1.82, 2.24) is 9.88 Å². The molecule has 1 aromatic heterocycles. The number of amides is 1.